The average molecular weight is 261 g/mol. The van der Waals surface area contributed by atoms with Gasteiger partial charge in [0.25, 0.3) is 0 Å². The predicted molar refractivity (Wildman–Crippen MR) is 77.6 cm³/mol. The van der Waals surface area contributed by atoms with E-state index in [4.69, 9.17) is 0 Å². The van der Waals surface area contributed by atoms with Gasteiger partial charge < -0.3 is 10.0 Å². The summed E-state index contributed by atoms with van der Waals surface area (Å²) in [6, 6.07) is 8.63. The molecule has 1 fully saturated rings. The maximum atomic E-state index is 11.2. The number of carboxylic acids is 1. The van der Waals surface area contributed by atoms with Crippen molar-refractivity contribution in [3.63, 3.8) is 0 Å². The molecule has 3 nitrogen and oxygen atoms in total. The van der Waals surface area contributed by atoms with E-state index in [-0.39, 0.29) is 11.5 Å². The van der Waals surface area contributed by atoms with E-state index in [1.807, 2.05) is 0 Å². The maximum Gasteiger partial charge on any atom is 0.306 e. The number of piperidine rings is 1. The number of carbonyl (C=O) groups is 1. The van der Waals surface area contributed by atoms with Crippen LogP contribution in [0.5, 0.6) is 0 Å². The molecule has 0 aromatic heterocycles. The molecule has 2 rings (SSSR count). The van der Waals surface area contributed by atoms with Gasteiger partial charge in [-0.2, -0.15) is 0 Å². The molecule has 1 aliphatic rings. The Morgan fingerprint density at radius 2 is 2.00 bits per heavy atom. The highest BCUT2D eigenvalue weighted by atomic mass is 16.4. The molecule has 1 unspecified atom stereocenters. The molecule has 0 radical (unpaired) electrons. The van der Waals surface area contributed by atoms with Crippen LogP contribution in [0.3, 0.4) is 0 Å². The zero-order valence-electron chi connectivity index (χ0n) is 12.0. The van der Waals surface area contributed by atoms with Crippen molar-refractivity contribution in [1.82, 2.24) is 0 Å². The second kappa shape index (κ2) is 5.24. The first-order valence-corrected chi connectivity index (χ1v) is 7.03. The topological polar surface area (TPSA) is 40.5 Å². The van der Waals surface area contributed by atoms with Crippen LogP contribution in [0.2, 0.25) is 0 Å². The van der Waals surface area contributed by atoms with Crippen molar-refractivity contribution < 1.29 is 9.90 Å². The van der Waals surface area contributed by atoms with Crippen molar-refractivity contribution in [2.75, 3.05) is 11.4 Å². The Bertz CT molecular complexity index is 450. The molecule has 3 heteroatoms. The molecule has 1 aliphatic heterocycles. The molecular weight excluding hydrogens is 238 g/mol. The van der Waals surface area contributed by atoms with Gasteiger partial charge in [0.05, 0.1) is 5.92 Å². The third-order valence-corrected chi connectivity index (χ3v) is 4.18. The largest absolute Gasteiger partial charge is 0.481 e. The van der Waals surface area contributed by atoms with E-state index >= 15 is 0 Å². The van der Waals surface area contributed by atoms with Crippen LogP contribution >= 0.6 is 0 Å². The normalized spacial score (nSPS) is 22.3. The monoisotopic (exact) mass is 261 g/mol. The summed E-state index contributed by atoms with van der Waals surface area (Å²) in [4.78, 5) is 13.5. The fourth-order valence-electron chi connectivity index (χ4n) is 3.00. The second-order valence-corrected chi connectivity index (χ2v) is 6.01. The highest BCUT2D eigenvalue weighted by molar-refractivity contribution is 5.71. The minimum Gasteiger partial charge on any atom is -0.481 e. The average Bonchev–Trinajstić information content (AvgIpc) is 2.37. The standard InChI is InChI=1S/C16H23NO2/c1-4-12-5-7-14(8-6-12)17-10-9-13(15(18)19)11-16(17,2)3/h5-8,13H,4,9-11H2,1-3H3,(H,18,19). The Balaban J connectivity index is 2.18. The lowest BCUT2D eigenvalue weighted by atomic mass is 9.82. The molecule has 104 valence electrons. The maximum absolute atomic E-state index is 11.2. The van der Waals surface area contributed by atoms with E-state index in [0.29, 0.717) is 6.42 Å². The lowest BCUT2D eigenvalue weighted by Gasteiger charge is -2.46. The molecule has 1 N–H and O–H groups in total. The molecule has 0 bridgehead atoms. The lowest BCUT2D eigenvalue weighted by molar-refractivity contribution is -0.143. The number of carboxylic acid groups (broad SMARTS) is 1. The van der Waals surface area contributed by atoms with Crippen molar-refractivity contribution >= 4 is 11.7 Å². The summed E-state index contributed by atoms with van der Waals surface area (Å²) in [5.74, 6) is -0.866. The lowest BCUT2D eigenvalue weighted by Crippen LogP contribution is -2.51. The fourth-order valence-corrected chi connectivity index (χ4v) is 3.00. The van der Waals surface area contributed by atoms with Crippen molar-refractivity contribution in [3.05, 3.63) is 29.8 Å². The van der Waals surface area contributed by atoms with Gasteiger partial charge in [0.15, 0.2) is 0 Å². The molecule has 0 spiro atoms. The Kier molecular flexibility index (Phi) is 3.83. The summed E-state index contributed by atoms with van der Waals surface area (Å²) in [6.07, 6.45) is 2.48. The number of nitrogens with zero attached hydrogens (tertiary/aromatic N) is 1. The first-order valence-electron chi connectivity index (χ1n) is 7.03. The summed E-state index contributed by atoms with van der Waals surface area (Å²) < 4.78 is 0. The third kappa shape index (κ3) is 2.91. The molecule has 19 heavy (non-hydrogen) atoms. The first-order chi connectivity index (χ1) is 8.94. The molecule has 1 heterocycles. The summed E-state index contributed by atoms with van der Waals surface area (Å²) in [5.41, 5.74) is 2.43. The predicted octanol–water partition coefficient (Wildman–Crippen LogP) is 3.33. The van der Waals surface area contributed by atoms with Crippen molar-refractivity contribution in [2.24, 2.45) is 5.92 Å². The SMILES string of the molecule is CCc1ccc(N2CCC(C(=O)O)CC2(C)C)cc1. The molecule has 1 aromatic rings. The zero-order chi connectivity index (χ0) is 14.0. The Morgan fingerprint density at radius 1 is 1.37 bits per heavy atom. The van der Waals surface area contributed by atoms with Gasteiger partial charge in [-0.25, -0.2) is 0 Å². The van der Waals surface area contributed by atoms with Gasteiger partial charge in [0, 0.05) is 17.8 Å². The zero-order valence-corrected chi connectivity index (χ0v) is 12.0. The Morgan fingerprint density at radius 3 is 2.47 bits per heavy atom. The molecular formula is C16H23NO2. The van der Waals surface area contributed by atoms with Gasteiger partial charge in [0.1, 0.15) is 0 Å². The van der Waals surface area contributed by atoms with Crippen LogP contribution in [0.1, 0.15) is 39.2 Å². The van der Waals surface area contributed by atoms with E-state index in [1.54, 1.807) is 0 Å². The van der Waals surface area contributed by atoms with Crippen LogP contribution in [-0.2, 0) is 11.2 Å². The highest BCUT2D eigenvalue weighted by Gasteiger charge is 2.37. The molecule has 0 aliphatic carbocycles. The number of benzene rings is 1. The minimum absolute atomic E-state index is 0.102. The second-order valence-electron chi connectivity index (χ2n) is 6.01. The van der Waals surface area contributed by atoms with E-state index in [2.05, 4.69) is 49.9 Å². The van der Waals surface area contributed by atoms with Crippen molar-refractivity contribution in [2.45, 2.75) is 45.6 Å². The van der Waals surface area contributed by atoms with Crippen LogP contribution < -0.4 is 4.90 Å². The van der Waals surface area contributed by atoms with Crippen molar-refractivity contribution in [3.8, 4) is 0 Å². The molecule has 1 atom stereocenters. The summed E-state index contributed by atoms with van der Waals surface area (Å²) in [6.45, 7) is 7.23. The van der Waals surface area contributed by atoms with Crippen LogP contribution in [0.4, 0.5) is 5.69 Å². The molecule has 1 saturated heterocycles. The number of aryl methyl sites for hydroxylation is 1. The van der Waals surface area contributed by atoms with E-state index < -0.39 is 5.97 Å². The number of hydrogen-bond donors (Lipinski definition) is 1. The molecule has 0 saturated carbocycles. The van der Waals surface area contributed by atoms with Gasteiger partial charge in [-0.1, -0.05) is 19.1 Å². The quantitative estimate of drug-likeness (QED) is 0.907. The molecule has 1 aromatic carbocycles. The highest BCUT2D eigenvalue weighted by Crippen LogP contribution is 2.35. The van der Waals surface area contributed by atoms with Crippen LogP contribution in [0, 0.1) is 5.92 Å². The number of rotatable bonds is 3. The van der Waals surface area contributed by atoms with Gasteiger partial charge in [-0.3, -0.25) is 4.79 Å². The van der Waals surface area contributed by atoms with E-state index in [0.717, 1.165) is 19.4 Å². The Hall–Kier alpha value is -1.51. The minimum atomic E-state index is -0.658. The van der Waals surface area contributed by atoms with Gasteiger partial charge in [0.2, 0.25) is 0 Å². The summed E-state index contributed by atoms with van der Waals surface area (Å²) in [7, 11) is 0. The smallest absolute Gasteiger partial charge is 0.306 e. The van der Waals surface area contributed by atoms with Crippen LogP contribution in [-0.4, -0.2) is 23.2 Å². The van der Waals surface area contributed by atoms with Gasteiger partial charge >= 0.3 is 5.97 Å². The fraction of sp³-hybridized carbons (Fsp3) is 0.562. The first kappa shape index (κ1) is 13.9. The van der Waals surface area contributed by atoms with Crippen molar-refractivity contribution in [1.29, 1.82) is 0 Å². The number of anilines is 1. The molecule has 0 amide bonds. The van der Waals surface area contributed by atoms with E-state index in [1.165, 1.54) is 11.3 Å². The van der Waals surface area contributed by atoms with Crippen LogP contribution in [0.25, 0.3) is 0 Å². The summed E-state index contributed by atoms with van der Waals surface area (Å²) in [5, 5.41) is 9.18. The number of hydrogen-bond acceptors (Lipinski definition) is 2. The number of aliphatic carboxylic acids is 1. The van der Waals surface area contributed by atoms with Crippen LogP contribution in [0.15, 0.2) is 24.3 Å². The summed E-state index contributed by atoms with van der Waals surface area (Å²) >= 11 is 0. The van der Waals surface area contributed by atoms with E-state index in [9.17, 15) is 9.90 Å². The Labute approximate surface area is 115 Å². The third-order valence-electron chi connectivity index (χ3n) is 4.18. The van der Waals surface area contributed by atoms with Gasteiger partial charge in [-0.05, 0) is 50.8 Å². The van der Waals surface area contributed by atoms with Gasteiger partial charge in [-0.15, -0.1) is 0 Å².